The predicted octanol–water partition coefficient (Wildman–Crippen LogP) is 5.68. The predicted molar refractivity (Wildman–Crippen MR) is 97.7 cm³/mol. The van der Waals surface area contributed by atoms with E-state index in [-0.39, 0.29) is 0 Å². The van der Waals surface area contributed by atoms with Gasteiger partial charge in [0.1, 0.15) is 0 Å². The third-order valence-corrected chi connectivity index (χ3v) is 5.31. The molecule has 1 N–H and O–H groups in total. The van der Waals surface area contributed by atoms with E-state index in [4.69, 9.17) is 11.6 Å². The highest BCUT2D eigenvalue weighted by Crippen LogP contribution is 2.28. The molecular formula is C16H14BrClIN. The van der Waals surface area contributed by atoms with Crippen molar-refractivity contribution in [3.05, 3.63) is 60.6 Å². The Morgan fingerprint density at radius 2 is 2.00 bits per heavy atom. The summed E-state index contributed by atoms with van der Waals surface area (Å²) >= 11 is 11.9. The lowest BCUT2D eigenvalue weighted by atomic mass is 9.88. The summed E-state index contributed by atoms with van der Waals surface area (Å²) in [5.41, 5.74) is 4.12. The molecule has 0 bridgehead atoms. The van der Waals surface area contributed by atoms with Crippen molar-refractivity contribution < 1.29 is 0 Å². The normalized spacial score (nSPS) is 17.6. The minimum absolute atomic E-state index is 0.498. The highest BCUT2D eigenvalue weighted by atomic mass is 127. The summed E-state index contributed by atoms with van der Waals surface area (Å²) in [6.07, 6.45) is 3.39. The first kappa shape index (κ1) is 14.7. The zero-order valence-electron chi connectivity index (χ0n) is 10.8. The maximum Gasteiger partial charge on any atom is 0.0479 e. The Bertz CT molecular complexity index is 644. The summed E-state index contributed by atoms with van der Waals surface area (Å²) in [5, 5.41) is 4.44. The Labute approximate surface area is 146 Å². The van der Waals surface area contributed by atoms with Crippen LogP contribution in [0.1, 0.15) is 17.5 Å². The summed E-state index contributed by atoms with van der Waals surface area (Å²) in [5.74, 6) is 0. The molecule has 20 heavy (non-hydrogen) atoms. The van der Waals surface area contributed by atoms with Crippen LogP contribution in [0.5, 0.6) is 0 Å². The molecule has 3 rings (SSSR count). The van der Waals surface area contributed by atoms with E-state index < -0.39 is 0 Å². The molecule has 2 aromatic rings. The second-order valence-corrected chi connectivity index (χ2v) is 7.64. The quantitative estimate of drug-likeness (QED) is 0.567. The van der Waals surface area contributed by atoms with Crippen LogP contribution < -0.4 is 5.32 Å². The fraction of sp³-hybridized carbons (Fsp3) is 0.250. The standard InChI is InChI=1S/C16H14BrClIN/c17-12-3-1-11-8-14(5-2-10(11)7-12)20-16-6-4-13(18)9-15(16)19/h1,3-4,6-7,9,14,20H,2,5,8H2. The summed E-state index contributed by atoms with van der Waals surface area (Å²) in [6, 6.07) is 13.1. The zero-order chi connectivity index (χ0) is 14.1. The number of aryl methyl sites for hydroxylation is 1. The number of hydrogen-bond acceptors (Lipinski definition) is 1. The Kier molecular flexibility index (Phi) is 4.58. The van der Waals surface area contributed by atoms with E-state index in [1.807, 2.05) is 12.1 Å². The molecule has 1 atom stereocenters. The van der Waals surface area contributed by atoms with Crippen molar-refractivity contribution in [2.75, 3.05) is 5.32 Å². The Balaban J connectivity index is 1.75. The summed E-state index contributed by atoms with van der Waals surface area (Å²) in [6.45, 7) is 0. The van der Waals surface area contributed by atoms with Gasteiger partial charge < -0.3 is 5.32 Å². The molecule has 0 heterocycles. The van der Waals surface area contributed by atoms with Crippen LogP contribution >= 0.6 is 50.1 Å². The smallest absolute Gasteiger partial charge is 0.0479 e. The second kappa shape index (κ2) is 6.24. The van der Waals surface area contributed by atoms with Crippen LogP contribution in [0.2, 0.25) is 5.02 Å². The van der Waals surface area contributed by atoms with E-state index in [1.165, 1.54) is 31.3 Å². The van der Waals surface area contributed by atoms with Crippen molar-refractivity contribution in [1.29, 1.82) is 0 Å². The fourth-order valence-corrected chi connectivity index (χ4v) is 4.11. The second-order valence-electron chi connectivity index (χ2n) is 5.12. The first-order valence-electron chi connectivity index (χ1n) is 6.61. The minimum Gasteiger partial charge on any atom is -0.381 e. The maximum atomic E-state index is 6.00. The van der Waals surface area contributed by atoms with Gasteiger partial charge in [0.25, 0.3) is 0 Å². The van der Waals surface area contributed by atoms with Gasteiger partial charge in [-0.15, -0.1) is 0 Å². The first-order valence-corrected chi connectivity index (χ1v) is 8.86. The van der Waals surface area contributed by atoms with E-state index in [2.05, 4.69) is 68.1 Å². The topological polar surface area (TPSA) is 12.0 Å². The molecule has 0 aliphatic heterocycles. The van der Waals surface area contributed by atoms with Gasteiger partial charge in [-0.2, -0.15) is 0 Å². The van der Waals surface area contributed by atoms with Crippen LogP contribution in [0.25, 0.3) is 0 Å². The average Bonchev–Trinajstić information content (AvgIpc) is 2.42. The molecule has 1 aliphatic rings. The lowest BCUT2D eigenvalue weighted by Gasteiger charge is -2.27. The van der Waals surface area contributed by atoms with Gasteiger partial charge in [0.15, 0.2) is 0 Å². The van der Waals surface area contributed by atoms with Gasteiger partial charge in [-0.1, -0.05) is 33.6 Å². The zero-order valence-corrected chi connectivity index (χ0v) is 15.3. The number of fused-ring (bicyclic) bond motifs is 1. The van der Waals surface area contributed by atoms with Crippen molar-refractivity contribution in [2.45, 2.75) is 25.3 Å². The van der Waals surface area contributed by atoms with Crippen molar-refractivity contribution in [1.82, 2.24) is 0 Å². The van der Waals surface area contributed by atoms with E-state index in [0.717, 1.165) is 17.9 Å². The van der Waals surface area contributed by atoms with E-state index in [9.17, 15) is 0 Å². The van der Waals surface area contributed by atoms with Crippen molar-refractivity contribution in [3.8, 4) is 0 Å². The number of anilines is 1. The molecule has 2 aromatic carbocycles. The summed E-state index contributed by atoms with van der Waals surface area (Å²) < 4.78 is 2.35. The molecule has 0 aromatic heterocycles. The van der Waals surface area contributed by atoms with Gasteiger partial charge in [0.2, 0.25) is 0 Å². The highest BCUT2D eigenvalue weighted by molar-refractivity contribution is 14.1. The molecule has 0 spiro atoms. The molecule has 1 nitrogen and oxygen atoms in total. The molecule has 0 amide bonds. The molecular weight excluding hydrogens is 448 g/mol. The molecule has 0 radical (unpaired) electrons. The maximum absolute atomic E-state index is 6.00. The van der Waals surface area contributed by atoms with Crippen molar-refractivity contribution >= 4 is 55.8 Å². The first-order chi connectivity index (χ1) is 9.61. The molecule has 0 fully saturated rings. The van der Waals surface area contributed by atoms with Crippen LogP contribution in [0.4, 0.5) is 5.69 Å². The molecule has 4 heteroatoms. The molecule has 1 unspecified atom stereocenters. The van der Waals surface area contributed by atoms with Crippen LogP contribution in [-0.4, -0.2) is 6.04 Å². The Morgan fingerprint density at radius 3 is 2.80 bits per heavy atom. The monoisotopic (exact) mass is 461 g/mol. The van der Waals surface area contributed by atoms with E-state index >= 15 is 0 Å². The highest BCUT2D eigenvalue weighted by Gasteiger charge is 2.19. The number of nitrogens with one attached hydrogen (secondary N) is 1. The molecule has 1 aliphatic carbocycles. The number of benzene rings is 2. The van der Waals surface area contributed by atoms with Crippen LogP contribution in [-0.2, 0) is 12.8 Å². The lowest BCUT2D eigenvalue weighted by Crippen LogP contribution is -2.27. The molecule has 104 valence electrons. The third kappa shape index (κ3) is 3.31. The Hall–Kier alpha value is -0.260. The average molecular weight is 463 g/mol. The number of halogens is 3. The van der Waals surface area contributed by atoms with Crippen LogP contribution in [0.15, 0.2) is 40.9 Å². The Morgan fingerprint density at radius 1 is 1.15 bits per heavy atom. The number of rotatable bonds is 2. The number of hydrogen-bond donors (Lipinski definition) is 1. The lowest BCUT2D eigenvalue weighted by molar-refractivity contribution is 0.610. The van der Waals surface area contributed by atoms with Gasteiger partial charge in [0, 0.05) is 24.8 Å². The largest absolute Gasteiger partial charge is 0.381 e. The third-order valence-electron chi connectivity index (χ3n) is 3.69. The van der Waals surface area contributed by atoms with Gasteiger partial charge in [0.05, 0.1) is 0 Å². The van der Waals surface area contributed by atoms with E-state index in [1.54, 1.807) is 0 Å². The fourth-order valence-electron chi connectivity index (χ4n) is 2.67. The molecule has 0 saturated carbocycles. The van der Waals surface area contributed by atoms with Crippen LogP contribution in [0, 0.1) is 3.57 Å². The van der Waals surface area contributed by atoms with Crippen LogP contribution in [0.3, 0.4) is 0 Å². The SMILES string of the molecule is Clc1ccc(NC2CCc3cc(Br)ccc3C2)c(I)c1. The van der Waals surface area contributed by atoms with Gasteiger partial charge in [-0.25, -0.2) is 0 Å². The summed E-state index contributed by atoms with van der Waals surface area (Å²) in [7, 11) is 0. The van der Waals surface area contributed by atoms with E-state index in [0.29, 0.717) is 6.04 Å². The summed E-state index contributed by atoms with van der Waals surface area (Å²) in [4.78, 5) is 0. The van der Waals surface area contributed by atoms with Gasteiger partial charge >= 0.3 is 0 Å². The van der Waals surface area contributed by atoms with Crippen molar-refractivity contribution in [3.63, 3.8) is 0 Å². The molecule has 0 saturated heterocycles. The van der Waals surface area contributed by atoms with Gasteiger partial charge in [-0.05, 0) is 83.3 Å². The van der Waals surface area contributed by atoms with Gasteiger partial charge in [-0.3, -0.25) is 0 Å². The van der Waals surface area contributed by atoms with Crippen molar-refractivity contribution in [2.24, 2.45) is 0 Å². The minimum atomic E-state index is 0.498.